The maximum absolute atomic E-state index is 11.9. The number of hydrogen-bond acceptors (Lipinski definition) is 3. The fourth-order valence-electron chi connectivity index (χ4n) is 5.57. The van der Waals surface area contributed by atoms with Gasteiger partial charge in [0.2, 0.25) is 0 Å². The average molecular weight is 203 g/mol. The van der Waals surface area contributed by atoms with Crippen LogP contribution in [0.2, 0.25) is 0 Å². The minimum Gasteiger partial charge on any atom is -0.469 e. The molecule has 78 valence electrons. The first-order valence-electron chi connectivity index (χ1n) is 5.74. The van der Waals surface area contributed by atoms with Gasteiger partial charge in [-0.3, -0.25) is 4.79 Å². The SMILES string of the molecule is COC(=O)[C@]12C3CC4[C@H](C31)[C@H](C#N)C[C@@H]42. The van der Waals surface area contributed by atoms with E-state index in [1.165, 1.54) is 13.5 Å². The van der Waals surface area contributed by atoms with E-state index in [4.69, 9.17) is 10.00 Å². The van der Waals surface area contributed by atoms with Gasteiger partial charge < -0.3 is 4.74 Å². The first-order chi connectivity index (χ1) is 7.26. The number of nitrogens with zero attached hydrogens (tertiary/aromatic N) is 1. The molecule has 0 spiro atoms. The fraction of sp³-hybridized carbons (Fsp3) is 0.833. The van der Waals surface area contributed by atoms with E-state index in [0.29, 0.717) is 29.6 Å². The fourth-order valence-corrected chi connectivity index (χ4v) is 5.57. The predicted octanol–water partition coefficient (Wildman–Crippen LogP) is 1.20. The third-order valence-corrected chi connectivity index (χ3v) is 5.73. The van der Waals surface area contributed by atoms with Gasteiger partial charge in [0, 0.05) is 0 Å². The molecule has 5 rings (SSSR count). The quantitative estimate of drug-likeness (QED) is 0.602. The summed E-state index contributed by atoms with van der Waals surface area (Å²) >= 11 is 0. The van der Waals surface area contributed by atoms with Gasteiger partial charge in [-0.25, -0.2) is 0 Å². The van der Waals surface area contributed by atoms with Crippen molar-refractivity contribution in [2.24, 2.45) is 40.9 Å². The molecule has 3 nitrogen and oxygen atoms in total. The van der Waals surface area contributed by atoms with Crippen LogP contribution in [0.3, 0.4) is 0 Å². The van der Waals surface area contributed by atoms with E-state index >= 15 is 0 Å². The van der Waals surface area contributed by atoms with Crippen LogP contribution in [0.4, 0.5) is 0 Å². The van der Waals surface area contributed by atoms with E-state index < -0.39 is 0 Å². The topological polar surface area (TPSA) is 50.1 Å². The van der Waals surface area contributed by atoms with Crippen molar-refractivity contribution in [2.75, 3.05) is 7.11 Å². The molecule has 7 atom stereocenters. The first kappa shape index (κ1) is 8.15. The lowest BCUT2D eigenvalue weighted by molar-refractivity contribution is -0.150. The normalized spacial score (nSPS) is 61.6. The van der Waals surface area contributed by atoms with Crippen LogP contribution in [0, 0.1) is 52.3 Å². The summed E-state index contributed by atoms with van der Waals surface area (Å²) in [6, 6.07) is 2.43. The number of hydrogen-bond donors (Lipinski definition) is 0. The van der Waals surface area contributed by atoms with E-state index in [2.05, 4.69) is 6.07 Å². The zero-order chi connectivity index (χ0) is 10.4. The summed E-state index contributed by atoms with van der Waals surface area (Å²) in [5, 5.41) is 9.07. The molecule has 0 aromatic carbocycles. The Labute approximate surface area is 88.4 Å². The van der Waals surface area contributed by atoms with Gasteiger partial charge in [-0.05, 0) is 42.4 Å². The minimum atomic E-state index is -0.114. The van der Waals surface area contributed by atoms with Crippen LogP contribution in [-0.4, -0.2) is 13.1 Å². The monoisotopic (exact) mass is 203 g/mol. The Kier molecular flexibility index (Phi) is 1.12. The van der Waals surface area contributed by atoms with Crippen molar-refractivity contribution in [2.45, 2.75) is 12.8 Å². The number of carbonyl (C=O) groups is 1. The second-order valence-corrected chi connectivity index (χ2v) is 5.61. The molecule has 0 radical (unpaired) electrons. The van der Waals surface area contributed by atoms with E-state index in [1.807, 2.05) is 0 Å². The minimum absolute atomic E-state index is 0.0175. The molecular weight excluding hydrogens is 190 g/mol. The summed E-state index contributed by atoms with van der Waals surface area (Å²) in [6.07, 6.45) is 2.14. The average Bonchev–Trinajstić information content (AvgIpc) is 2.69. The molecule has 3 unspecified atom stereocenters. The van der Waals surface area contributed by atoms with Gasteiger partial charge >= 0.3 is 5.97 Å². The lowest BCUT2D eigenvalue weighted by Crippen LogP contribution is -2.28. The zero-order valence-corrected chi connectivity index (χ0v) is 8.64. The standard InChI is InChI=1S/C12H13NO2/c1-15-11(14)12-7-2-5(4-13)9-6(7)3-8(12)10(9)12/h5-10H,2-3H2,1H3/t5-,6?,7-,8?,9+,10?,12+/m0/s1. The van der Waals surface area contributed by atoms with Gasteiger partial charge in [0.05, 0.1) is 24.5 Å². The highest BCUT2D eigenvalue weighted by Gasteiger charge is 2.90. The molecule has 15 heavy (non-hydrogen) atoms. The van der Waals surface area contributed by atoms with Crippen LogP contribution in [0.5, 0.6) is 0 Å². The van der Waals surface area contributed by atoms with Crippen LogP contribution in [0.1, 0.15) is 12.8 Å². The Morgan fingerprint density at radius 2 is 2.27 bits per heavy atom. The third kappa shape index (κ3) is 0.555. The molecule has 6 bridgehead atoms. The Balaban J connectivity index is 1.78. The number of methoxy groups -OCH3 is 1. The van der Waals surface area contributed by atoms with Crippen molar-refractivity contribution >= 4 is 5.97 Å². The summed E-state index contributed by atoms with van der Waals surface area (Å²) in [7, 11) is 1.50. The number of rotatable bonds is 1. The maximum Gasteiger partial charge on any atom is 0.312 e. The van der Waals surface area contributed by atoms with Gasteiger partial charge in [0.25, 0.3) is 0 Å². The number of ether oxygens (including phenoxy) is 1. The summed E-state index contributed by atoms with van der Waals surface area (Å²) < 4.78 is 4.98. The predicted molar refractivity (Wildman–Crippen MR) is 50.2 cm³/mol. The first-order valence-corrected chi connectivity index (χ1v) is 5.74. The molecule has 5 fully saturated rings. The van der Waals surface area contributed by atoms with Crippen LogP contribution in [0.15, 0.2) is 0 Å². The maximum atomic E-state index is 11.9. The van der Waals surface area contributed by atoms with Crippen molar-refractivity contribution in [1.29, 1.82) is 5.26 Å². The van der Waals surface area contributed by atoms with Gasteiger partial charge in [-0.2, -0.15) is 5.26 Å². The molecule has 3 heteroatoms. The molecule has 0 N–H and O–H groups in total. The van der Waals surface area contributed by atoms with Crippen molar-refractivity contribution in [1.82, 2.24) is 0 Å². The number of carbonyl (C=O) groups excluding carboxylic acids is 1. The largest absolute Gasteiger partial charge is 0.469 e. The molecular formula is C12H13NO2. The zero-order valence-electron chi connectivity index (χ0n) is 8.64. The molecule has 0 saturated heterocycles. The molecule has 0 amide bonds. The van der Waals surface area contributed by atoms with E-state index in [0.717, 1.165) is 6.42 Å². The van der Waals surface area contributed by atoms with Crippen LogP contribution in [0.25, 0.3) is 0 Å². The summed E-state index contributed by atoms with van der Waals surface area (Å²) in [5.74, 6) is 3.02. The van der Waals surface area contributed by atoms with E-state index in [1.54, 1.807) is 0 Å². The highest BCUT2D eigenvalue weighted by Crippen LogP contribution is 2.89. The Morgan fingerprint density at radius 1 is 1.47 bits per heavy atom. The van der Waals surface area contributed by atoms with Crippen LogP contribution >= 0.6 is 0 Å². The van der Waals surface area contributed by atoms with Gasteiger partial charge in [0.15, 0.2) is 0 Å². The molecule has 0 aromatic heterocycles. The van der Waals surface area contributed by atoms with Gasteiger partial charge in [-0.15, -0.1) is 0 Å². The number of nitriles is 1. The summed E-state index contributed by atoms with van der Waals surface area (Å²) in [6.45, 7) is 0. The molecule has 0 aromatic rings. The molecule has 0 heterocycles. The Bertz CT molecular complexity index is 412. The summed E-state index contributed by atoms with van der Waals surface area (Å²) in [5.41, 5.74) is -0.114. The van der Waals surface area contributed by atoms with E-state index in [-0.39, 0.29) is 17.3 Å². The highest BCUT2D eigenvalue weighted by atomic mass is 16.5. The van der Waals surface area contributed by atoms with Crippen molar-refractivity contribution in [3.63, 3.8) is 0 Å². The summed E-state index contributed by atoms with van der Waals surface area (Å²) in [4.78, 5) is 11.9. The van der Waals surface area contributed by atoms with Crippen molar-refractivity contribution < 1.29 is 9.53 Å². The van der Waals surface area contributed by atoms with Gasteiger partial charge in [-0.1, -0.05) is 0 Å². The molecule has 5 saturated carbocycles. The molecule has 5 aliphatic carbocycles. The molecule has 0 aliphatic heterocycles. The second kappa shape index (κ2) is 2.07. The van der Waals surface area contributed by atoms with E-state index in [9.17, 15) is 4.79 Å². The molecule has 5 aliphatic rings. The van der Waals surface area contributed by atoms with Crippen LogP contribution in [-0.2, 0) is 9.53 Å². The van der Waals surface area contributed by atoms with Gasteiger partial charge in [0.1, 0.15) is 0 Å². The number of esters is 1. The Morgan fingerprint density at radius 3 is 2.87 bits per heavy atom. The third-order valence-electron chi connectivity index (χ3n) is 5.73. The second-order valence-electron chi connectivity index (χ2n) is 5.61. The highest BCUT2D eigenvalue weighted by molar-refractivity contribution is 5.84. The van der Waals surface area contributed by atoms with Crippen LogP contribution < -0.4 is 0 Å². The van der Waals surface area contributed by atoms with Crippen molar-refractivity contribution in [3.05, 3.63) is 0 Å². The lowest BCUT2D eigenvalue weighted by atomic mass is 9.82. The lowest BCUT2D eigenvalue weighted by Gasteiger charge is -2.21. The smallest absolute Gasteiger partial charge is 0.312 e. The Hall–Kier alpha value is -1.04. The van der Waals surface area contributed by atoms with Crippen molar-refractivity contribution in [3.8, 4) is 6.07 Å².